The van der Waals surface area contributed by atoms with Crippen LogP contribution in [-0.4, -0.2) is 35.7 Å². The third-order valence-corrected chi connectivity index (χ3v) is 5.53. The first-order valence-corrected chi connectivity index (χ1v) is 10.3. The Balaban J connectivity index is 1.76. The van der Waals surface area contributed by atoms with Crippen LogP contribution in [-0.2, 0) is 0 Å². The molecule has 2 aromatic carbocycles. The molecule has 0 aliphatic heterocycles. The van der Waals surface area contributed by atoms with E-state index in [0.29, 0.717) is 40.0 Å². The maximum absolute atomic E-state index is 13.1. The molecule has 33 heavy (non-hydrogen) atoms. The zero-order chi connectivity index (χ0) is 22.9. The zero-order valence-electron chi connectivity index (χ0n) is 18.4. The van der Waals surface area contributed by atoms with Crippen molar-refractivity contribution in [2.45, 2.75) is 0 Å². The van der Waals surface area contributed by atoms with Gasteiger partial charge in [-0.25, -0.2) is 4.98 Å². The van der Waals surface area contributed by atoms with Crippen LogP contribution in [0.2, 0.25) is 0 Å². The van der Waals surface area contributed by atoms with Crippen molar-refractivity contribution < 1.29 is 14.2 Å². The van der Waals surface area contributed by atoms with E-state index in [2.05, 4.69) is 10.3 Å². The number of aromatic amines is 1. The first-order valence-electron chi connectivity index (χ1n) is 10.3. The van der Waals surface area contributed by atoms with Gasteiger partial charge in [0.15, 0.2) is 11.5 Å². The molecule has 166 valence electrons. The first kappa shape index (κ1) is 20.4. The number of anilines is 2. The number of hydrogen-bond acceptors (Lipinski definition) is 6. The number of rotatable bonds is 6. The summed E-state index contributed by atoms with van der Waals surface area (Å²) in [6.07, 6.45) is 3.59. The van der Waals surface area contributed by atoms with E-state index in [0.717, 1.165) is 16.5 Å². The van der Waals surface area contributed by atoms with Crippen LogP contribution in [0.4, 0.5) is 11.5 Å². The largest absolute Gasteiger partial charge is 0.497 e. The summed E-state index contributed by atoms with van der Waals surface area (Å²) < 4.78 is 18.1. The average molecular weight is 442 g/mol. The van der Waals surface area contributed by atoms with Gasteiger partial charge >= 0.3 is 0 Å². The smallest absolute Gasteiger partial charge is 0.258 e. The van der Waals surface area contributed by atoms with E-state index in [1.807, 2.05) is 65.2 Å². The lowest BCUT2D eigenvalue weighted by atomic mass is 10.0. The quantitative estimate of drug-likeness (QED) is 0.399. The summed E-state index contributed by atoms with van der Waals surface area (Å²) in [6.45, 7) is 0. The Morgan fingerprint density at radius 3 is 2.58 bits per heavy atom. The Hall–Kier alpha value is -4.46. The Morgan fingerprint density at radius 2 is 1.79 bits per heavy atom. The molecule has 0 radical (unpaired) electrons. The molecule has 0 spiro atoms. The number of imidazole rings is 1. The zero-order valence-corrected chi connectivity index (χ0v) is 18.4. The van der Waals surface area contributed by atoms with Crippen molar-refractivity contribution in [3.63, 3.8) is 0 Å². The second-order valence-electron chi connectivity index (χ2n) is 7.38. The van der Waals surface area contributed by atoms with Gasteiger partial charge in [-0.3, -0.25) is 9.20 Å². The lowest BCUT2D eigenvalue weighted by Gasteiger charge is -2.13. The molecule has 8 heteroatoms. The second kappa shape index (κ2) is 8.23. The highest BCUT2D eigenvalue weighted by Gasteiger charge is 2.20. The van der Waals surface area contributed by atoms with Crippen molar-refractivity contribution in [2.24, 2.45) is 0 Å². The second-order valence-corrected chi connectivity index (χ2v) is 7.38. The molecule has 3 heterocycles. The third kappa shape index (κ3) is 3.51. The number of methoxy groups -OCH3 is 3. The lowest BCUT2D eigenvalue weighted by molar-refractivity contribution is 0.355. The summed E-state index contributed by atoms with van der Waals surface area (Å²) in [5, 5.41) is 5.04. The molecule has 5 rings (SSSR count). The van der Waals surface area contributed by atoms with E-state index in [1.54, 1.807) is 27.5 Å². The number of hydrogen-bond donors (Lipinski definition) is 2. The summed E-state index contributed by atoms with van der Waals surface area (Å²) in [4.78, 5) is 20.7. The maximum atomic E-state index is 13.1. The highest BCUT2D eigenvalue weighted by Crippen LogP contribution is 2.36. The van der Waals surface area contributed by atoms with Crippen LogP contribution in [0.25, 0.3) is 27.7 Å². The van der Waals surface area contributed by atoms with Crippen molar-refractivity contribution in [1.82, 2.24) is 14.4 Å². The topological polar surface area (TPSA) is 89.9 Å². The minimum absolute atomic E-state index is 0.241. The number of aromatic nitrogens is 3. The molecule has 0 atom stereocenters. The fraction of sp³-hybridized carbons (Fsp3) is 0.120. The molecule has 5 aromatic rings. The Morgan fingerprint density at radius 1 is 0.939 bits per heavy atom. The molecule has 3 aromatic heterocycles. The molecule has 0 bridgehead atoms. The van der Waals surface area contributed by atoms with Crippen LogP contribution in [0.1, 0.15) is 0 Å². The van der Waals surface area contributed by atoms with Gasteiger partial charge in [0.2, 0.25) is 0 Å². The highest BCUT2D eigenvalue weighted by molar-refractivity contribution is 5.99. The molecule has 0 saturated carbocycles. The predicted octanol–water partition coefficient (Wildman–Crippen LogP) is 4.61. The molecule has 2 N–H and O–H groups in total. The predicted molar refractivity (Wildman–Crippen MR) is 128 cm³/mol. The summed E-state index contributed by atoms with van der Waals surface area (Å²) in [5.41, 5.74) is 2.20. The number of ether oxygens (including phenoxy) is 3. The van der Waals surface area contributed by atoms with E-state index < -0.39 is 0 Å². The van der Waals surface area contributed by atoms with Gasteiger partial charge in [-0.2, -0.15) is 0 Å². The first-order chi connectivity index (χ1) is 16.1. The van der Waals surface area contributed by atoms with Gasteiger partial charge in [-0.15, -0.1) is 0 Å². The SMILES string of the molecule is COc1ccc2c[nH]c(=O)c(-c3nc4ccccn4c3Nc3ccc(OC)c(OC)c3)c2c1. The summed E-state index contributed by atoms with van der Waals surface area (Å²) in [7, 11) is 4.78. The molecule has 0 saturated heterocycles. The molecule has 0 aliphatic rings. The molecule has 0 fully saturated rings. The van der Waals surface area contributed by atoms with Crippen molar-refractivity contribution in [1.29, 1.82) is 0 Å². The molecular formula is C25H22N4O4. The van der Waals surface area contributed by atoms with Gasteiger partial charge in [0.05, 0.1) is 26.9 Å². The van der Waals surface area contributed by atoms with Gasteiger partial charge < -0.3 is 24.5 Å². The number of pyridine rings is 2. The number of nitrogens with one attached hydrogen (secondary N) is 2. The maximum Gasteiger partial charge on any atom is 0.258 e. The Bertz CT molecular complexity index is 1540. The number of benzene rings is 2. The average Bonchev–Trinajstić information content (AvgIpc) is 3.21. The van der Waals surface area contributed by atoms with Crippen LogP contribution in [0.3, 0.4) is 0 Å². The number of H-pyrrole nitrogens is 1. The lowest BCUT2D eigenvalue weighted by Crippen LogP contribution is -2.10. The van der Waals surface area contributed by atoms with Crippen LogP contribution in [0, 0.1) is 0 Å². The van der Waals surface area contributed by atoms with Gasteiger partial charge in [-0.05, 0) is 47.9 Å². The highest BCUT2D eigenvalue weighted by atomic mass is 16.5. The fourth-order valence-electron chi connectivity index (χ4n) is 3.92. The molecule has 0 unspecified atom stereocenters. The number of nitrogens with zero attached hydrogens (tertiary/aromatic N) is 2. The molecule has 8 nitrogen and oxygen atoms in total. The van der Waals surface area contributed by atoms with Gasteiger partial charge in [0, 0.05) is 29.5 Å². The fourth-order valence-corrected chi connectivity index (χ4v) is 3.92. The van der Waals surface area contributed by atoms with Crippen molar-refractivity contribution in [3.8, 4) is 28.5 Å². The molecule has 0 aliphatic carbocycles. The van der Waals surface area contributed by atoms with Crippen LogP contribution in [0.5, 0.6) is 17.2 Å². The minimum atomic E-state index is -0.241. The summed E-state index contributed by atoms with van der Waals surface area (Å²) >= 11 is 0. The Kier molecular flexibility index (Phi) is 5.10. The van der Waals surface area contributed by atoms with E-state index >= 15 is 0 Å². The van der Waals surface area contributed by atoms with Gasteiger partial charge in [0.25, 0.3) is 5.56 Å². The van der Waals surface area contributed by atoms with Crippen molar-refractivity contribution in [3.05, 3.63) is 77.3 Å². The van der Waals surface area contributed by atoms with Gasteiger partial charge in [0.1, 0.15) is 22.9 Å². The van der Waals surface area contributed by atoms with E-state index in [1.165, 1.54) is 0 Å². The monoisotopic (exact) mass is 442 g/mol. The van der Waals surface area contributed by atoms with E-state index in [4.69, 9.17) is 19.2 Å². The molecular weight excluding hydrogens is 420 g/mol. The van der Waals surface area contributed by atoms with Crippen molar-refractivity contribution in [2.75, 3.05) is 26.6 Å². The Labute approximate surface area is 189 Å². The molecule has 0 amide bonds. The van der Waals surface area contributed by atoms with Crippen molar-refractivity contribution >= 4 is 27.9 Å². The van der Waals surface area contributed by atoms with Gasteiger partial charge in [-0.1, -0.05) is 6.07 Å². The van der Waals surface area contributed by atoms with Crippen LogP contribution in [0.15, 0.2) is 71.8 Å². The summed E-state index contributed by atoms with van der Waals surface area (Å²) in [5.74, 6) is 2.52. The van der Waals surface area contributed by atoms with E-state index in [9.17, 15) is 4.79 Å². The van der Waals surface area contributed by atoms with Crippen LogP contribution < -0.4 is 25.1 Å². The third-order valence-electron chi connectivity index (χ3n) is 5.53. The normalized spacial score (nSPS) is 11.0. The standard InChI is InChI=1S/C25H22N4O4/c1-31-17-9-7-15-14-26-25(30)22(18(15)13-17)23-24(29-11-5-4-6-21(29)28-23)27-16-8-10-19(32-2)20(12-16)33-3/h4-14,27H,1-3H3,(H,26,30). The van der Waals surface area contributed by atoms with Crippen LogP contribution >= 0.6 is 0 Å². The minimum Gasteiger partial charge on any atom is -0.497 e. The number of fused-ring (bicyclic) bond motifs is 2. The van der Waals surface area contributed by atoms with E-state index in [-0.39, 0.29) is 5.56 Å². The summed E-state index contributed by atoms with van der Waals surface area (Å²) in [6, 6.07) is 16.9.